The molecule has 2 fully saturated rings. The molecule has 1 aliphatic carbocycles. The summed E-state index contributed by atoms with van der Waals surface area (Å²) in [6.07, 6.45) is 1.81. The van der Waals surface area contributed by atoms with E-state index < -0.39 is 0 Å². The van der Waals surface area contributed by atoms with Crippen molar-refractivity contribution in [3.05, 3.63) is 0 Å². The minimum absolute atomic E-state index is 0.163. The summed E-state index contributed by atoms with van der Waals surface area (Å²) in [5, 5.41) is 9.82. The highest BCUT2D eigenvalue weighted by Crippen LogP contribution is 2.49. The van der Waals surface area contributed by atoms with Gasteiger partial charge in [0.05, 0.1) is 18.3 Å². The van der Waals surface area contributed by atoms with Crippen molar-refractivity contribution in [1.82, 2.24) is 0 Å². The van der Waals surface area contributed by atoms with E-state index in [2.05, 4.69) is 13.8 Å². The Balaban J connectivity index is 2.24. The van der Waals surface area contributed by atoms with E-state index in [1.165, 1.54) is 0 Å². The quantitative estimate of drug-likeness (QED) is 0.617. The van der Waals surface area contributed by atoms with Gasteiger partial charge < -0.3 is 9.84 Å². The fraction of sp³-hybridized carbons (Fsp3) is 1.00. The number of fused-ring (bicyclic) bond motifs is 2. The van der Waals surface area contributed by atoms with Gasteiger partial charge in [0.15, 0.2) is 0 Å². The molecule has 0 aromatic heterocycles. The maximum atomic E-state index is 9.82. The minimum atomic E-state index is -0.192. The molecule has 1 aliphatic heterocycles. The summed E-state index contributed by atoms with van der Waals surface area (Å²) < 4.78 is 5.62. The van der Waals surface area contributed by atoms with E-state index in [0.29, 0.717) is 11.8 Å². The van der Waals surface area contributed by atoms with Crippen LogP contribution in [0.1, 0.15) is 26.7 Å². The molecule has 11 heavy (non-hydrogen) atoms. The molecule has 0 aromatic rings. The van der Waals surface area contributed by atoms with Gasteiger partial charge in [-0.25, -0.2) is 0 Å². The molecule has 1 heterocycles. The third-order valence-electron chi connectivity index (χ3n) is 3.50. The van der Waals surface area contributed by atoms with Crippen LogP contribution in [0.4, 0.5) is 0 Å². The van der Waals surface area contributed by atoms with Gasteiger partial charge in [0, 0.05) is 5.92 Å². The van der Waals surface area contributed by atoms with Crippen molar-refractivity contribution in [3.63, 3.8) is 0 Å². The van der Waals surface area contributed by atoms with E-state index in [0.717, 1.165) is 19.4 Å². The second kappa shape index (κ2) is 2.20. The van der Waals surface area contributed by atoms with Crippen LogP contribution in [0.25, 0.3) is 0 Å². The average molecular weight is 156 g/mol. The van der Waals surface area contributed by atoms with E-state index >= 15 is 0 Å². The Labute approximate surface area is 67.6 Å². The number of rotatable bonds is 1. The normalized spacial score (nSPS) is 55.4. The Morgan fingerprint density at radius 2 is 2.36 bits per heavy atom. The van der Waals surface area contributed by atoms with Crippen LogP contribution in [0.2, 0.25) is 0 Å². The van der Waals surface area contributed by atoms with Crippen LogP contribution in [0.5, 0.6) is 0 Å². The highest BCUT2D eigenvalue weighted by Gasteiger charge is 2.56. The summed E-state index contributed by atoms with van der Waals surface area (Å²) in [6.45, 7) is 5.09. The zero-order valence-electron chi connectivity index (χ0n) is 7.21. The lowest BCUT2D eigenvalue weighted by Gasteiger charge is -2.28. The van der Waals surface area contributed by atoms with Crippen LogP contribution in [0, 0.1) is 11.8 Å². The van der Waals surface area contributed by atoms with Gasteiger partial charge in [-0.05, 0) is 18.8 Å². The molecule has 0 spiro atoms. The Bertz CT molecular complexity index is 169. The van der Waals surface area contributed by atoms with Crippen molar-refractivity contribution in [2.45, 2.75) is 38.4 Å². The third kappa shape index (κ3) is 0.798. The summed E-state index contributed by atoms with van der Waals surface area (Å²) in [4.78, 5) is 0. The van der Waals surface area contributed by atoms with Crippen LogP contribution >= 0.6 is 0 Å². The molecule has 2 rings (SSSR count). The molecule has 0 unspecified atom stereocenters. The molecule has 64 valence electrons. The molecule has 1 saturated heterocycles. The molecule has 0 radical (unpaired) electrons. The predicted octanol–water partition coefficient (Wildman–Crippen LogP) is 1.18. The summed E-state index contributed by atoms with van der Waals surface area (Å²) in [6, 6.07) is 0. The fourth-order valence-electron chi connectivity index (χ4n) is 2.64. The summed E-state index contributed by atoms with van der Waals surface area (Å²) in [7, 11) is 0. The molecule has 0 aromatic carbocycles. The Hall–Kier alpha value is -0.0800. The van der Waals surface area contributed by atoms with E-state index in [4.69, 9.17) is 4.74 Å². The number of ether oxygens (including phenoxy) is 1. The minimum Gasteiger partial charge on any atom is -0.390 e. The first kappa shape index (κ1) is 7.56. The molecule has 1 N–H and O–H groups in total. The van der Waals surface area contributed by atoms with Crippen molar-refractivity contribution in [3.8, 4) is 0 Å². The van der Waals surface area contributed by atoms with Gasteiger partial charge in [0.25, 0.3) is 0 Å². The molecular formula is C9H16O2. The highest BCUT2D eigenvalue weighted by atomic mass is 16.5. The molecule has 2 heteroatoms. The third-order valence-corrected chi connectivity index (χ3v) is 3.50. The highest BCUT2D eigenvalue weighted by molar-refractivity contribution is 5.05. The Morgan fingerprint density at radius 1 is 1.64 bits per heavy atom. The average Bonchev–Trinajstić information content (AvgIpc) is 2.42. The lowest BCUT2D eigenvalue weighted by atomic mass is 9.96. The van der Waals surface area contributed by atoms with E-state index in [1.54, 1.807) is 0 Å². The number of aliphatic hydroxyl groups excluding tert-OH is 1. The van der Waals surface area contributed by atoms with Gasteiger partial charge >= 0.3 is 0 Å². The molecule has 2 nitrogen and oxygen atoms in total. The van der Waals surface area contributed by atoms with Crippen molar-refractivity contribution < 1.29 is 9.84 Å². The van der Waals surface area contributed by atoms with E-state index in [9.17, 15) is 5.11 Å². The molecule has 0 amide bonds. The van der Waals surface area contributed by atoms with Gasteiger partial charge in [-0.1, -0.05) is 13.8 Å². The van der Waals surface area contributed by atoms with Crippen LogP contribution in [0.3, 0.4) is 0 Å². The smallest absolute Gasteiger partial charge is 0.0944 e. The van der Waals surface area contributed by atoms with E-state index in [-0.39, 0.29) is 11.7 Å². The first-order valence-corrected chi connectivity index (χ1v) is 4.51. The predicted molar refractivity (Wildman–Crippen MR) is 42.3 cm³/mol. The topological polar surface area (TPSA) is 29.5 Å². The zero-order chi connectivity index (χ0) is 8.06. The van der Waals surface area contributed by atoms with Crippen LogP contribution in [0.15, 0.2) is 0 Å². The SMILES string of the molecule is CC[C@@]12C[C@@H](C)[C@@H](CO1)[C@@H]2O. The van der Waals surface area contributed by atoms with Crippen molar-refractivity contribution in [2.75, 3.05) is 6.61 Å². The van der Waals surface area contributed by atoms with Crippen molar-refractivity contribution in [1.29, 1.82) is 0 Å². The fourth-order valence-corrected chi connectivity index (χ4v) is 2.64. The largest absolute Gasteiger partial charge is 0.390 e. The number of aliphatic hydroxyl groups is 1. The van der Waals surface area contributed by atoms with Gasteiger partial charge in [-0.15, -0.1) is 0 Å². The molecule has 2 bridgehead atoms. The maximum Gasteiger partial charge on any atom is 0.0944 e. The first-order valence-electron chi connectivity index (χ1n) is 4.51. The molecular weight excluding hydrogens is 140 g/mol. The lowest BCUT2D eigenvalue weighted by molar-refractivity contribution is -0.0649. The number of hydrogen-bond donors (Lipinski definition) is 1. The first-order chi connectivity index (χ1) is 5.19. The zero-order valence-corrected chi connectivity index (χ0v) is 7.21. The molecule has 1 saturated carbocycles. The number of hydrogen-bond acceptors (Lipinski definition) is 2. The van der Waals surface area contributed by atoms with Gasteiger partial charge in [0.1, 0.15) is 0 Å². The van der Waals surface area contributed by atoms with Gasteiger partial charge in [-0.3, -0.25) is 0 Å². The summed E-state index contributed by atoms with van der Waals surface area (Å²) in [5.41, 5.74) is -0.163. The molecule has 4 atom stereocenters. The van der Waals surface area contributed by atoms with Crippen LogP contribution < -0.4 is 0 Å². The van der Waals surface area contributed by atoms with Crippen LogP contribution in [-0.2, 0) is 4.74 Å². The van der Waals surface area contributed by atoms with Crippen LogP contribution in [-0.4, -0.2) is 23.4 Å². The lowest BCUT2D eigenvalue weighted by Crippen LogP contribution is -2.35. The van der Waals surface area contributed by atoms with E-state index in [1.807, 2.05) is 0 Å². The van der Waals surface area contributed by atoms with Crippen molar-refractivity contribution >= 4 is 0 Å². The van der Waals surface area contributed by atoms with Crippen molar-refractivity contribution in [2.24, 2.45) is 11.8 Å². The Morgan fingerprint density at radius 3 is 2.64 bits per heavy atom. The second-order valence-corrected chi connectivity index (χ2v) is 4.02. The van der Waals surface area contributed by atoms with Gasteiger partial charge in [-0.2, -0.15) is 0 Å². The standard InChI is InChI=1S/C9H16O2/c1-3-9-4-6(2)7(5-11-9)8(9)10/h6-8,10H,3-5H2,1-2H3/t6-,7-,8+,9+/m1/s1. The maximum absolute atomic E-state index is 9.82. The van der Waals surface area contributed by atoms with Gasteiger partial charge in [0.2, 0.25) is 0 Å². The monoisotopic (exact) mass is 156 g/mol. The second-order valence-electron chi connectivity index (χ2n) is 4.02. The summed E-state index contributed by atoms with van der Waals surface area (Å²) >= 11 is 0. The Kier molecular flexibility index (Phi) is 1.52. The molecule has 2 aliphatic rings. The summed E-state index contributed by atoms with van der Waals surface area (Å²) in [5.74, 6) is 1.06.